The Kier molecular flexibility index (Phi) is 7.29. The first-order valence-electron chi connectivity index (χ1n) is 8.82. The van der Waals surface area contributed by atoms with Crippen LogP contribution in [0.3, 0.4) is 0 Å². The van der Waals surface area contributed by atoms with Crippen LogP contribution in [0.4, 0.5) is 0 Å². The third kappa shape index (κ3) is 5.36. The number of ether oxygens (including phenoxy) is 1. The Bertz CT molecular complexity index is 609. The zero-order chi connectivity index (χ0) is 17.4. The van der Waals surface area contributed by atoms with Crippen LogP contribution in [-0.2, 0) is 6.61 Å². The minimum atomic E-state index is 0.266. The molecule has 3 heteroatoms. The lowest BCUT2D eigenvalue weighted by Crippen LogP contribution is -2.31. The van der Waals surface area contributed by atoms with Gasteiger partial charge in [-0.3, -0.25) is 4.90 Å². The van der Waals surface area contributed by atoms with Crippen molar-refractivity contribution in [1.29, 1.82) is 0 Å². The van der Waals surface area contributed by atoms with Crippen molar-refractivity contribution in [1.82, 2.24) is 4.90 Å². The van der Waals surface area contributed by atoms with E-state index in [1.807, 2.05) is 12.1 Å². The van der Waals surface area contributed by atoms with E-state index in [4.69, 9.17) is 10.5 Å². The molecule has 2 aromatic carbocycles. The summed E-state index contributed by atoms with van der Waals surface area (Å²) in [6.07, 6.45) is 2.40. The summed E-state index contributed by atoms with van der Waals surface area (Å²) in [6.45, 7) is 6.61. The van der Waals surface area contributed by atoms with Gasteiger partial charge in [-0.1, -0.05) is 55.3 Å². The van der Waals surface area contributed by atoms with Crippen molar-refractivity contribution in [2.24, 2.45) is 5.73 Å². The van der Waals surface area contributed by atoms with Crippen LogP contribution in [0.2, 0.25) is 0 Å². The maximum Gasteiger partial charge on any atom is 0.119 e. The van der Waals surface area contributed by atoms with E-state index in [1.54, 1.807) is 0 Å². The number of aryl methyl sites for hydroxylation is 1. The molecule has 0 radical (unpaired) electrons. The van der Waals surface area contributed by atoms with Crippen LogP contribution < -0.4 is 10.5 Å². The zero-order valence-electron chi connectivity index (χ0n) is 15.2. The van der Waals surface area contributed by atoms with E-state index in [-0.39, 0.29) is 6.04 Å². The van der Waals surface area contributed by atoms with Crippen molar-refractivity contribution < 1.29 is 4.74 Å². The van der Waals surface area contributed by atoms with Crippen molar-refractivity contribution in [3.8, 4) is 5.75 Å². The second-order valence-electron chi connectivity index (χ2n) is 6.43. The quantitative estimate of drug-likeness (QED) is 0.746. The molecule has 0 amide bonds. The Morgan fingerprint density at radius 1 is 1.12 bits per heavy atom. The number of nitrogens with two attached hydrogens (primary N) is 1. The van der Waals surface area contributed by atoms with Crippen LogP contribution in [-0.4, -0.2) is 25.0 Å². The van der Waals surface area contributed by atoms with E-state index in [0.717, 1.165) is 12.3 Å². The van der Waals surface area contributed by atoms with E-state index in [1.165, 1.54) is 29.5 Å². The van der Waals surface area contributed by atoms with Gasteiger partial charge in [0.25, 0.3) is 0 Å². The minimum Gasteiger partial charge on any atom is -0.489 e. The third-order valence-corrected chi connectivity index (χ3v) is 4.37. The summed E-state index contributed by atoms with van der Waals surface area (Å²) >= 11 is 0. The Balaban J connectivity index is 1.96. The van der Waals surface area contributed by atoms with Gasteiger partial charge in [0.05, 0.1) is 0 Å². The number of nitrogens with zero attached hydrogens (tertiary/aromatic N) is 1. The van der Waals surface area contributed by atoms with Crippen LogP contribution in [0.1, 0.15) is 42.5 Å². The summed E-state index contributed by atoms with van der Waals surface area (Å²) in [5, 5.41) is 0. The lowest BCUT2D eigenvalue weighted by molar-refractivity contribution is 0.246. The van der Waals surface area contributed by atoms with E-state index in [0.29, 0.717) is 13.2 Å². The molecule has 0 spiro atoms. The SMILES string of the molecule is CCCCN(C)C(CN)c1ccc(OCc2cccc(C)c2)cc1. The van der Waals surface area contributed by atoms with E-state index in [9.17, 15) is 0 Å². The van der Waals surface area contributed by atoms with Crippen molar-refractivity contribution in [2.45, 2.75) is 39.3 Å². The summed E-state index contributed by atoms with van der Waals surface area (Å²) in [6, 6.07) is 17.0. The number of hydrogen-bond acceptors (Lipinski definition) is 3. The summed E-state index contributed by atoms with van der Waals surface area (Å²) in [5.74, 6) is 0.896. The molecule has 0 heterocycles. The van der Waals surface area contributed by atoms with Gasteiger partial charge in [-0.05, 0) is 50.2 Å². The fraction of sp³-hybridized carbons (Fsp3) is 0.429. The molecule has 1 atom stereocenters. The molecule has 0 saturated carbocycles. The highest BCUT2D eigenvalue weighted by Crippen LogP contribution is 2.22. The fourth-order valence-electron chi connectivity index (χ4n) is 2.89. The molecular formula is C21H30N2O. The number of hydrogen-bond donors (Lipinski definition) is 1. The molecule has 0 aliphatic heterocycles. The molecule has 0 aromatic heterocycles. The summed E-state index contributed by atoms with van der Waals surface area (Å²) < 4.78 is 5.90. The maximum atomic E-state index is 5.99. The number of unbranched alkanes of at least 4 members (excludes halogenated alkanes) is 1. The van der Waals surface area contributed by atoms with Crippen molar-refractivity contribution in [2.75, 3.05) is 20.1 Å². The molecule has 0 bridgehead atoms. The largest absolute Gasteiger partial charge is 0.489 e. The van der Waals surface area contributed by atoms with Crippen molar-refractivity contribution >= 4 is 0 Å². The van der Waals surface area contributed by atoms with Gasteiger partial charge in [0.15, 0.2) is 0 Å². The first-order chi connectivity index (χ1) is 11.6. The highest BCUT2D eigenvalue weighted by molar-refractivity contribution is 5.30. The van der Waals surface area contributed by atoms with Crippen molar-refractivity contribution in [3.63, 3.8) is 0 Å². The number of benzene rings is 2. The Labute approximate surface area is 146 Å². The summed E-state index contributed by atoms with van der Waals surface area (Å²) in [5.41, 5.74) is 9.69. The van der Waals surface area contributed by atoms with Gasteiger partial charge in [-0.2, -0.15) is 0 Å². The lowest BCUT2D eigenvalue weighted by Gasteiger charge is -2.27. The first kappa shape index (κ1) is 18.5. The van der Waals surface area contributed by atoms with Gasteiger partial charge >= 0.3 is 0 Å². The Morgan fingerprint density at radius 2 is 1.88 bits per heavy atom. The zero-order valence-corrected chi connectivity index (χ0v) is 15.2. The monoisotopic (exact) mass is 326 g/mol. The predicted molar refractivity (Wildman–Crippen MR) is 101 cm³/mol. The van der Waals surface area contributed by atoms with Gasteiger partial charge in [0, 0.05) is 12.6 Å². The van der Waals surface area contributed by atoms with Crippen LogP contribution in [0.5, 0.6) is 5.75 Å². The third-order valence-electron chi connectivity index (χ3n) is 4.37. The van der Waals surface area contributed by atoms with Gasteiger partial charge in [-0.25, -0.2) is 0 Å². The van der Waals surface area contributed by atoms with Crippen LogP contribution in [0.15, 0.2) is 48.5 Å². The maximum absolute atomic E-state index is 5.99. The Hall–Kier alpha value is -1.84. The summed E-state index contributed by atoms with van der Waals surface area (Å²) in [7, 11) is 2.15. The van der Waals surface area contributed by atoms with Gasteiger partial charge in [0.1, 0.15) is 12.4 Å². The molecular weight excluding hydrogens is 296 g/mol. The Morgan fingerprint density at radius 3 is 2.50 bits per heavy atom. The average molecular weight is 326 g/mol. The second kappa shape index (κ2) is 9.45. The first-order valence-corrected chi connectivity index (χ1v) is 8.82. The molecule has 1 unspecified atom stereocenters. The smallest absolute Gasteiger partial charge is 0.119 e. The molecule has 2 aromatic rings. The van der Waals surface area contributed by atoms with Crippen LogP contribution in [0.25, 0.3) is 0 Å². The van der Waals surface area contributed by atoms with Crippen LogP contribution in [0, 0.1) is 6.92 Å². The molecule has 0 saturated heterocycles. The molecule has 130 valence electrons. The van der Waals surface area contributed by atoms with Gasteiger partial charge < -0.3 is 10.5 Å². The number of rotatable bonds is 9. The normalized spacial score (nSPS) is 12.4. The van der Waals surface area contributed by atoms with Crippen molar-refractivity contribution in [3.05, 3.63) is 65.2 Å². The van der Waals surface area contributed by atoms with E-state index < -0.39 is 0 Å². The van der Waals surface area contributed by atoms with E-state index in [2.05, 4.69) is 62.2 Å². The highest BCUT2D eigenvalue weighted by Gasteiger charge is 2.14. The molecule has 3 nitrogen and oxygen atoms in total. The molecule has 2 rings (SSSR count). The molecule has 0 fully saturated rings. The standard InChI is InChI=1S/C21H30N2O/c1-4-5-13-23(3)21(15-22)19-9-11-20(12-10-19)24-16-18-8-6-7-17(2)14-18/h6-12,14,21H,4-5,13,15-16,22H2,1-3H3. The van der Waals surface area contributed by atoms with Crippen LogP contribution >= 0.6 is 0 Å². The van der Waals surface area contributed by atoms with E-state index >= 15 is 0 Å². The second-order valence-corrected chi connectivity index (χ2v) is 6.43. The lowest BCUT2D eigenvalue weighted by atomic mass is 10.1. The average Bonchev–Trinajstić information content (AvgIpc) is 2.60. The fourth-order valence-corrected chi connectivity index (χ4v) is 2.89. The predicted octanol–water partition coefficient (Wildman–Crippen LogP) is 4.31. The topological polar surface area (TPSA) is 38.5 Å². The molecule has 0 aliphatic rings. The highest BCUT2D eigenvalue weighted by atomic mass is 16.5. The molecule has 2 N–H and O–H groups in total. The van der Waals surface area contributed by atoms with Gasteiger partial charge in [0.2, 0.25) is 0 Å². The number of likely N-dealkylation sites (N-methyl/N-ethyl adjacent to an activating group) is 1. The minimum absolute atomic E-state index is 0.266. The summed E-state index contributed by atoms with van der Waals surface area (Å²) in [4.78, 5) is 2.34. The van der Waals surface area contributed by atoms with Gasteiger partial charge in [-0.15, -0.1) is 0 Å². The molecule has 24 heavy (non-hydrogen) atoms. The molecule has 0 aliphatic carbocycles.